The van der Waals surface area contributed by atoms with Crippen LogP contribution in [0.15, 0.2) is 42.5 Å². The van der Waals surface area contributed by atoms with Crippen LogP contribution in [-0.4, -0.2) is 36.0 Å². The van der Waals surface area contributed by atoms with Crippen molar-refractivity contribution in [3.63, 3.8) is 0 Å². The second-order valence-electron chi connectivity index (χ2n) is 7.31. The zero-order valence-corrected chi connectivity index (χ0v) is 15.6. The Balaban J connectivity index is 1.42. The van der Waals surface area contributed by atoms with E-state index in [9.17, 15) is 14.0 Å². The molecule has 28 heavy (non-hydrogen) atoms. The van der Waals surface area contributed by atoms with Gasteiger partial charge in [-0.1, -0.05) is 24.3 Å². The third kappa shape index (κ3) is 4.07. The second kappa shape index (κ2) is 8.10. The molecule has 2 amide bonds. The van der Waals surface area contributed by atoms with Gasteiger partial charge in [-0.25, -0.2) is 4.39 Å². The Labute approximate surface area is 163 Å². The summed E-state index contributed by atoms with van der Waals surface area (Å²) in [5, 5.41) is 2.83. The van der Waals surface area contributed by atoms with Crippen molar-refractivity contribution in [1.82, 2.24) is 4.90 Å². The number of hydrogen-bond acceptors (Lipinski definition) is 3. The van der Waals surface area contributed by atoms with Gasteiger partial charge in [0, 0.05) is 25.4 Å². The maximum absolute atomic E-state index is 13.7. The van der Waals surface area contributed by atoms with E-state index >= 15 is 0 Å². The fourth-order valence-electron chi connectivity index (χ4n) is 3.82. The molecule has 146 valence electrons. The second-order valence-corrected chi connectivity index (χ2v) is 7.31. The minimum Gasteiger partial charge on any atom is -0.368 e. The highest BCUT2D eigenvalue weighted by molar-refractivity contribution is 5.92. The van der Waals surface area contributed by atoms with Crippen molar-refractivity contribution in [1.29, 1.82) is 0 Å². The predicted molar refractivity (Wildman–Crippen MR) is 103 cm³/mol. The molecule has 1 unspecified atom stereocenters. The van der Waals surface area contributed by atoms with Crippen molar-refractivity contribution in [2.45, 2.75) is 38.3 Å². The molecule has 2 aromatic carbocycles. The van der Waals surface area contributed by atoms with E-state index in [2.05, 4.69) is 5.32 Å². The van der Waals surface area contributed by atoms with E-state index in [1.807, 2.05) is 23.1 Å². The van der Waals surface area contributed by atoms with E-state index < -0.39 is 0 Å². The first-order chi connectivity index (χ1) is 13.6. The Hall–Kier alpha value is -2.73. The lowest BCUT2D eigenvalue weighted by molar-refractivity contribution is -0.141. The summed E-state index contributed by atoms with van der Waals surface area (Å²) < 4.78 is 19.3. The summed E-state index contributed by atoms with van der Waals surface area (Å²) in [5.41, 5.74) is 3.24. The van der Waals surface area contributed by atoms with Gasteiger partial charge in [0.25, 0.3) is 5.91 Å². The van der Waals surface area contributed by atoms with Crippen molar-refractivity contribution in [3.8, 4) is 0 Å². The van der Waals surface area contributed by atoms with Crippen LogP contribution < -0.4 is 5.32 Å². The van der Waals surface area contributed by atoms with Crippen molar-refractivity contribution in [2.75, 3.05) is 18.5 Å². The third-order valence-corrected chi connectivity index (χ3v) is 5.33. The number of carbonyl (C=O) groups excluding carboxylic acids is 2. The SMILES string of the molecule is O=C(Cc1ccccc1F)Nc1ccc2c(c1)CN(C(=O)C1CCCO1)CC2. The Morgan fingerprint density at radius 2 is 2.04 bits per heavy atom. The maximum Gasteiger partial charge on any atom is 0.252 e. The highest BCUT2D eigenvalue weighted by atomic mass is 19.1. The molecule has 1 fully saturated rings. The number of fused-ring (bicyclic) bond motifs is 1. The normalized spacial score (nSPS) is 18.6. The van der Waals surface area contributed by atoms with E-state index in [4.69, 9.17) is 4.74 Å². The number of halogens is 1. The third-order valence-electron chi connectivity index (χ3n) is 5.33. The number of rotatable bonds is 4. The zero-order valence-electron chi connectivity index (χ0n) is 15.6. The number of nitrogens with one attached hydrogen (secondary N) is 1. The van der Waals surface area contributed by atoms with Gasteiger partial charge in [0.1, 0.15) is 11.9 Å². The van der Waals surface area contributed by atoms with Crippen LogP contribution in [0, 0.1) is 5.82 Å². The average Bonchev–Trinajstić information content (AvgIpc) is 3.23. The van der Waals surface area contributed by atoms with Gasteiger partial charge in [-0.3, -0.25) is 9.59 Å². The van der Waals surface area contributed by atoms with Crippen LogP contribution in [0.4, 0.5) is 10.1 Å². The fraction of sp³-hybridized carbons (Fsp3) is 0.364. The lowest BCUT2D eigenvalue weighted by atomic mass is 9.98. The molecule has 0 radical (unpaired) electrons. The number of benzene rings is 2. The molecule has 5 nitrogen and oxygen atoms in total. The lowest BCUT2D eigenvalue weighted by Gasteiger charge is -2.31. The van der Waals surface area contributed by atoms with Crippen molar-refractivity contribution >= 4 is 17.5 Å². The molecule has 2 aliphatic rings. The fourth-order valence-corrected chi connectivity index (χ4v) is 3.82. The number of ether oxygens (including phenoxy) is 1. The molecule has 6 heteroatoms. The molecule has 0 aliphatic carbocycles. The van der Waals surface area contributed by atoms with Crippen LogP contribution >= 0.6 is 0 Å². The summed E-state index contributed by atoms with van der Waals surface area (Å²) in [7, 11) is 0. The quantitative estimate of drug-likeness (QED) is 0.884. The molecule has 1 atom stereocenters. The van der Waals surface area contributed by atoms with Crippen LogP contribution in [0.5, 0.6) is 0 Å². The monoisotopic (exact) mass is 382 g/mol. The average molecular weight is 382 g/mol. The summed E-state index contributed by atoms with van der Waals surface area (Å²) in [4.78, 5) is 26.7. The summed E-state index contributed by atoms with van der Waals surface area (Å²) in [5.74, 6) is -0.600. The van der Waals surface area contributed by atoms with Crippen LogP contribution in [0.1, 0.15) is 29.5 Å². The number of anilines is 1. The van der Waals surface area contributed by atoms with Gasteiger partial charge >= 0.3 is 0 Å². The lowest BCUT2D eigenvalue weighted by Crippen LogP contribution is -2.41. The predicted octanol–water partition coefficient (Wildman–Crippen LogP) is 3.07. The number of amides is 2. The molecule has 0 bridgehead atoms. The van der Waals surface area contributed by atoms with Crippen molar-refractivity contribution in [2.24, 2.45) is 0 Å². The minimum atomic E-state index is -0.383. The molecule has 2 aliphatic heterocycles. The summed E-state index contributed by atoms with van der Waals surface area (Å²) in [6.07, 6.45) is 2.17. The van der Waals surface area contributed by atoms with Crippen molar-refractivity contribution < 1.29 is 18.7 Å². The van der Waals surface area contributed by atoms with Gasteiger partial charge in [-0.05, 0) is 54.2 Å². The largest absolute Gasteiger partial charge is 0.368 e. The Morgan fingerprint density at radius 3 is 2.82 bits per heavy atom. The van der Waals surface area contributed by atoms with Gasteiger partial charge in [-0.15, -0.1) is 0 Å². The molecular weight excluding hydrogens is 359 g/mol. The minimum absolute atomic E-state index is 0.0204. The Morgan fingerprint density at radius 1 is 1.18 bits per heavy atom. The van der Waals surface area contributed by atoms with E-state index in [-0.39, 0.29) is 30.2 Å². The van der Waals surface area contributed by atoms with Crippen LogP contribution in [0.25, 0.3) is 0 Å². The maximum atomic E-state index is 13.7. The molecular formula is C22H23FN2O3. The zero-order chi connectivity index (χ0) is 19.5. The molecule has 0 saturated carbocycles. The van der Waals surface area contributed by atoms with Crippen LogP contribution in [0.3, 0.4) is 0 Å². The summed E-state index contributed by atoms with van der Waals surface area (Å²) >= 11 is 0. The van der Waals surface area contributed by atoms with Crippen molar-refractivity contribution in [3.05, 3.63) is 65.0 Å². The number of carbonyl (C=O) groups is 2. The van der Waals surface area contributed by atoms with Gasteiger partial charge in [0.2, 0.25) is 5.91 Å². The molecule has 1 saturated heterocycles. The van der Waals surface area contributed by atoms with Gasteiger partial charge in [0.05, 0.1) is 6.42 Å². The van der Waals surface area contributed by atoms with Crippen LogP contribution in [0.2, 0.25) is 0 Å². The molecule has 2 heterocycles. The first-order valence-corrected chi connectivity index (χ1v) is 9.65. The van der Waals surface area contributed by atoms with Gasteiger partial charge in [0.15, 0.2) is 0 Å². The molecule has 1 N–H and O–H groups in total. The topological polar surface area (TPSA) is 58.6 Å². The first-order valence-electron chi connectivity index (χ1n) is 9.65. The molecule has 4 rings (SSSR count). The first kappa shape index (κ1) is 18.6. The summed E-state index contributed by atoms with van der Waals surface area (Å²) in [6.45, 7) is 1.86. The van der Waals surface area contributed by atoms with Crippen LogP contribution in [-0.2, 0) is 33.7 Å². The van der Waals surface area contributed by atoms with Gasteiger partial charge < -0.3 is 15.0 Å². The Bertz CT molecular complexity index is 893. The van der Waals surface area contributed by atoms with E-state index in [1.165, 1.54) is 11.6 Å². The van der Waals surface area contributed by atoms with E-state index in [0.717, 1.165) is 24.8 Å². The van der Waals surface area contributed by atoms with Gasteiger partial charge in [-0.2, -0.15) is 0 Å². The van der Waals surface area contributed by atoms with E-state index in [0.29, 0.717) is 30.9 Å². The number of hydrogen-bond donors (Lipinski definition) is 1. The molecule has 2 aromatic rings. The highest BCUT2D eigenvalue weighted by Crippen LogP contribution is 2.25. The standard InChI is InChI=1S/C22H23FN2O3/c23-19-5-2-1-4-16(19)13-21(26)24-18-8-7-15-9-10-25(14-17(15)12-18)22(27)20-6-3-11-28-20/h1-2,4-5,7-8,12,20H,3,6,9-11,13-14H2,(H,24,26). The Kier molecular flexibility index (Phi) is 5.39. The smallest absolute Gasteiger partial charge is 0.252 e. The van der Waals surface area contributed by atoms with E-state index in [1.54, 1.807) is 18.2 Å². The molecule has 0 aromatic heterocycles. The highest BCUT2D eigenvalue weighted by Gasteiger charge is 2.30. The summed E-state index contributed by atoms with van der Waals surface area (Å²) in [6, 6.07) is 12.0. The molecule has 0 spiro atoms. The number of nitrogens with zero attached hydrogens (tertiary/aromatic N) is 1.